The summed E-state index contributed by atoms with van der Waals surface area (Å²) in [7, 11) is 0. The first-order chi connectivity index (χ1) is 29.1. The van der Waals surface area contributed by atoms with Crippen molar-refractivity contribution in [1.29, 1.82) is 0 Å². The average molecular weight is 828 g/mol. The van der Waals surface area contributed by atoms with Crippen LogP contribution in [-0.2, 0) is 4.79 Å². The van der Waals surface area contributed by atoms with E-state index in [0.717, 1.165) is 51.4 Å². The third kappa shape index (κ3) is 44.2. The molecule has 0 saturated heterocycles. The fraction of sp³-hybridized carbons (Fsp3) is 0.833. The van der Waals surface area contributed by atoms with Crippen LogP contribution in [0.1, 0.15) is 264 Å². The van der Waals surface area contributed by atoms with E-state index < -0.39 is 18.2 Å². The smallest absolute Gasteiger partial charge is 0.220 e. The second kappa shape index (κ2) is 49.0. The van der Waals surface area contributed by atoms with Crippen molar-refractivity contribution in [1.82, 2.24) is 5.32 Å². The van der Waals surface area contributed by atoms with Crippen molar-refractivity contribution in [3.8, 4) is 0 Å². The molecule has 0 aliphatic carbocycles. The molecule has 346 valence electrons. The van der Waals surface area contributed by atoms with E-state index in [-0.39, 0.29) is 12.5 Å². The Morgan fingerprint density at radius 2 is 0.814 bits per heavy atom. The number of carbonyl (C=O) groups is 1. The van der Waals surface area contributed by atoms with Crippen molar-refractivity contribution in [2.75, 3.05) is 6.61 Å². The monoisotopic (exact) mass is 828 g/mol. The Morgan fingerprint density at radius 3 is 1.24 bits per heavy atom. The normalized spacial score (nSPS) is 13.8. The van der Waals surface area contributed by atoms with Crippen LogP contribution in [0.4, 0.5) is 0 Å². The van der Waals surface area contributed by atoms with Gasteiger partial charge in [0.2, 0.25) is 5.91 Å². The molecule has 0 aromatic carbocycles. The van der Waals surface area contributed by atoms with Crippen molar-refractivity contribution >= 4 is 5.91 Å². The van der Waals surface area contributed by atoms with Crippen LogP contribution < -0.4 is 5.32 Å². The number of allylic oxidation sites excluding steroid dienone is 8. The SMILES string of the molecule is C/C=C/CC/C=C/CCCC(O)C(O)C(CO)NC(=O)CCCCCCCCCCCCCCCCCCC/C=C\C/C=C\CCCCCCCCCCCCCCC. The number of aliphatic hydroxyl groups excluding tert-OH is 3. The Balaban J connectivity index is 3.44. The van der Waals surface area contributed by atoms with Crippen molar-refractivity contribution < 1.29 is 20.1 Å². The molecule has 1 amide bonds. The zero-order valence-electron chi connectivity index (χ0n) is 39.4. The number of unbranched alkanes of at least 4 members (excludes halogenated alkanes) is 32. The lowest BCUT2D eigenvalue weighted by atomic mass is 10.0. The second-order valence-electron chi connectivity index (χ2n) is 17.7. The number of hydrogen-bond donors (Lipinski definition) is 4. The van der Waals surface area contributed by atoms with Crippen molar-refractivity contribution in [3.05, 3.63) is 48.6 Å². The number of rotatable bonds is 47. The maximum absolute atomic E-state index is 12.4. The number of nitrogens with one attached hydrogen (secondary N) is 1. The van der Waals surface area contributed by atoms with Gasteiger partial charge in [-0.1, -0.05) is 229 Å². The molecule has 5 nitrogen and oxygen atoms in total. The molecule has 0 aliphatic rings. The van der Waals surface area contributed by atoms with Gasteiger partial charge in [-0.2, -0.15) is 0 Å². The summed E-state index contributed by atoms with van der Waals surface area (Å²) >= 11 is 0. The molecule has 0 saturated carbocycles. The lowest BCUT2D eigenvalue weighted by molar-refractivity contribution is -0.124. The molecule has 0 fully saturated rings. The summed E-state index contributed by atoms with van der Waals surface area (Å²) in [6, 6.07) is -0.830. The predicted molar refractivity (Wildman–Crippen MR) is 259 cm³/mol. The van der Waals surface area contributed by atoms with Crippen LogP contribution in [0.15, 0.2) is 48.6 Å². The first kappa shape index (κ1) is 57.3. The quantitative estimate of drug-likeness (QED) is 0.0363. The molecule has 3 atom stereocenters. The van der Waals surface area contributed by atoms with Gasteiger partial charge in [0.05, 0.1) is 18.8 Å². The molecule has 5 heteroatoms. The zero-order valence-corrected chi connectivity index (χ0v) is 39.4. The largest absolute Gasteiger partial charge is 0.394 e. The van der Waals surface area contributed by atoms with Crippen LogP contribution in [0.2, 0.25) is 0 Å². The Labute approximate surface area is 367 Å². The van der Waals surface area contributed by atoms with Crippen molar-refractivity contribution in [2.24, 2.45) is 0 Å². The van der Waals surface area contributed by atoms with Crippen LogP contribution in [0.5, 0.6) is 0 Å². The van der Waals surface area contributed by atoms with E-state index in [1.54, 1.807) is 0 Å². The molecule has 0 aromatic rings. The molecular weight excluding hydrogens is 727 g/mol. The van der Waals surface area contributed by atoms with Gasteiger partial charge in [-0.25, -0.2) is 0 Å². The molecule has 0 aliphatic heterocycles. The summed E-state index contributed by atoms with van der Waals surface area (Å²) in [4.78, 5) is 12.4. The number of hydrogen-bond acceptors (Lipinski definition) is 4. The van der Waals surface area contributed by atoms with Crippen molar-refractivity contribution in [3.63, 3.8) is 0 Å². The molecule has 3 unspecified atom stereocenters. The van der Waals surface area contributed by atoms with E-state index in [9.17, 15) is 20.1 Å². The van der Waals surface area contributed by atoms with Gasteiger partial charge < -0.3 is 20.6 Å². The van der Waals surface area contributed by atoms with E-state index in [4.69, 9.17) is 0 Å². The minimum Gasteiger partial charge on any atom is -0.394 e. The number of amides is 1. The van der Waals surface area contributed by atoms with Gasteiger partial charge in [0.15, 0.2) is 0 Å². The summed E-state index contributed by atoms with van der Waals surface area (Å²) in [6.07, 6.45) is 64.5. The lowest BCUT2D eigenvalue weighted by Crippen LogP contribution is -2.50. The molecule has 4 N–H and O–H groups in total. The highest BCUT2D eigenvalue weighted by Gasteiger charge is 2.26. The van der Waals surface area contributed by atoms with Crippen LogP contribution in [0.25, 0.3) is 0 Å². The van der Waals surface area contributed by atoms with E-state index >= 15 is 0 Å². The average Bonchev–Trinajstić information content (AvgIpc) is 3.24. The minimum atomic E-state index is -1.16. The van der Waals surface area contributed by atoms with E-state index in [1.807, 2.05) is 13.0 Å². The van der Waals surface area contributed by atoms with E-state index in [0.29, 0.717) is 12.8 Å². The van der Waals surface area contributed by atoms with Gasteiger partial charge in [-0.15, -0.1) is 0 Å². The summed E-state index contributed by atoms with van der Waals surface area (Å²) < 4.78 is 0. The molecule has 0 bridgehead atoms. The van der Waals surface area contributed by atoms with Gasteiger partial charge in [0, 0.05) is 6.42 Å². The van der Waals surface area contributed by atoms with Gasteiger partial charge in [0.1, 0.15) is 6.10 Å². The maximum atomic E-state index is 12.4. The Kier molecular flexibility index (Phi) is 47.6. The Hall–Kier alpha value is -1.69. The van der Waals surface area contributed by atoms with Crippen molar-refractivity contribution in [2.45, 2.75) is 283 Å². The molecule has 0 rings (SSSR count). The zero-order chi connectivity index (χ0) is 43.0. The number of aliphatic hydroxyl groups is 3. The molecular formula is C54H101NO4. The predicted octanol–water partition coefficient (Wildman–Crippen LogP) is 15.7. The Bertz CT molecular complexity index is 958. The van der Waals surface area contributed by atoms with Crippen LogP contribution in [0.3, 0.4) is 0 Å². The van der Waals surface area contributed by atoms with E-state index in [2.05, 4.69) is 54.8 Å². The highest BCUT2D eigenvalue weighted by atomic mass is 16.3. The first-order valence-corrected chi connectivity index (χ1v) is 25.9. The van der Waals surface area contributed by atoms with Crippen LogP contribution >= 0.6 is 0 Å². The van der Waals surface area contributed by atoms with Gasteiger partial charge in [-0.05, 0) is 77.6 Å². The van der Waals surface area contributed by atoms with E-state index in [1.165, 1.54) is 186 Å². The van der Waals surface area contributed by atoms with Gasteiger partial charge in [0.25, 0.3) is 0 Å². The molecule has 59 heavy (non-hydrogen) atoms. The molecule has 0 spiro atoms. The number of carbonyl (C=O) groups excluding carboxylic acids is 1. The highest BCUT2D eigenvalue weighted by Crippen LogP contribution is 2.16. The topological polar surface area (TPSA) is 89.8 Å². The second-order valence-corrected chi connectivity index (χ2v) is 17.7. The summed E-state index contributed by atoms with van der Waals surface area (Å²) in [5.74, 6) is -0.161. The maximum Gasteiger partial charge on any atom is 0.220 e. The Morgan fingerprint density at radius 1 is 0.458 bits per heavy atom. The highest BCUT2D eigenvalue weighted by molar-refractivity contribution is 5.76. The molecule has 0 aromatic heterocycles. The minimum absolute atomic E-state index is 0.161. The van der Waals surface area contributed by atoms with Gasteiger partial charge in [-0.3, -0.25) is 4.79 Å². The fourth-order valence-electron chi connectivity index (χ4n) is 7.98. The first-order valence-electron chi connectivity index (χ1n) is 25.9. The standard InChI is InChI=1S/C54H101NO4/c1-3-5-7-9-11-13-14-15-16-17-18-19-20-21-22-23-24-25-26-27-28-29-30-31-32-33-34-35-36-37-38-39-40-41-43-45-47-49-53(58)55-51(50-56)54(59)52(57)48-46-44-42-12-10-8-6-4-2/h4,6,12,22-23,25-26,42,51-52,54,56-57,59H,3,5,7-11,13-21,24,27-41,43-50H2,1-2H3,(H,55,58)/b6-4+,23-22-,26-25-,42-12+. The fourth-order valence-corrected chi connectivity index (χ4v) is 7.98. The summed E-state index contributed by atoms with van der Waals surface area (Å²) in [5, 5.41) is 33.3. The van der Waals surface area contributed by atoms with Gasteiger partial charge >= 0.3 is 0 Å². The summed E-state index contributed by atoms with van der Waals surface area (Å²) in [6.45, 7) is 3.93. The van der Waals surface area contributed by atoms with Crippen LogP contribution in [0, 0.1) is 0 Å². The lowest BCUT2D eigenvalue weighted by Gasteiger charge is -2.26. The third-order valence-corrected chi connectivity index (χ3v) is 12.0. The van der Waals surface area contributed by atoms with Crippen LogP contribution in [-0.4, -0.2) is 46.1 Å². The molecule has 0 radical (unpaired) electrons. The molecule has 0 heterocycles. The third-order valence-electron chi connectivity index (χ3n) is 12.0. The summed E-state index contributed by atoms with van der Waals surface area (Å²) in [5.41, 5.74) is 0.